The number of carbonyl (C=O) groups excluding carboxylic acids is 1. The molecule has 2 heterocycles. The summed E-state index contributed by atoms with van der Waals surface area (Å²) in [4.78, 5) is 20.7. The summed E-state index contributed by atoms with van der Waals surface area (Å²) in [5.41, 5.74) is 2.89. The summed E-state index contributed by atoms with van der Waals surface area (Å²) in [6.45, 7) is 2.04. The van der Waals surface area contributed by atoms with Gasteiger partial charge in [0, 0.05) is 23.3 Å². The van der Waals surface area contributed by atoms with Crippen LogP contribution in [0.2, 0.25) is 0 Å². The molecule has 2 aromatic heterocycles. The van der Waals surface area contributed by atoms with E-state index in [0.29, 0.717) is 5.13 Å². The van der Waals surface area contributed by atoms with E-state index in [0.717, 1.165) is 23.2 Å². The summed E-state index contributed by atoms with van der Waals surface area (Å²) in [6.07, 6.45) is 4.26. The lowest BCUT2D eigenvalue weighted by Gasteiger charge is -2.17. The molecule has 0 radical (unpaired) electrons. The van der Waals surface area contributed by atoms with Gasteiger partial charge in [-0.15, -0.1) is 11.3 Å². The lowest BCUT2D eigenvalue weighted by Crippen LogP contribution is -2.32. The number of amides is 2. The summed E-state index contributed by atoms with van der Waals surface area (Å²) in [7, 11) is 0. The van der Waals surface area contributed by atoms with Gasteiger partial charge in [-0.3, -0.25) is 10.3 Å². The van der Waals surface area contributed by atoms with Crippen molar-refractivity contribution in [3.63, 3.8) is 0 Å². The van der Waals surface area contributed by atoms with E-state index in [1.54, 1.807) is 12.4 Å². The van der Waals surface area contributed by atoms with E-state index >= 15 is 0 Å². The summed E-state index contributed by atoms with van der Waals surface area (Å²) >= 11 is 1.40. The molecule has 25 heavy (non-hydrogen) atoms. The third-order valence-corrected chi connectivity index (χ3v) is 4.37. The lowest BCUT2D eigenvalue weighted by atomic mass is 10.1. The van der Waals surface area contributed by atoms with Crippen molar-refractivity contribution >= 4 is 36.0 Å². The summed E-state index contributed by atoms with van der Waals surface area (Å²) in [6, 6.07) is 13.4. The van der Waals surface area contributed by atoms with Crippen LogP contribution in [0, 0.1) is 0 Å². The number of benzene rings is 1. The number of anilines is 1. The predicted molar refractivity (Wildman–Crippen MR) is 107 cm³/mol. The molecule has 0 saturated heterocycles. The van der Waals surface area contributed by atoms with Crippen LogP contribution in [0.15, 0.2) is 60.2 Å². The highest BCUT2D eigenvalue weighted by Crippen LogP contribution is 2.24. The van der Waals surface area contributed by atoms with Crippen LogP contribution >= 0.6 is 24.8 Å². The van der Waals surface area contributed by atoms with Crippen LogP contribution in [0.25, 0.3) is 11.3 Å². The first-order valence-corrected chi connectivity index (χ1v) is 8.62. The Morgan fingerprint density at radius 2 is 1.88 bits per heavy atom. The molecule has 0 aliphatic heterocycles. The highest BCUT2D eigenvalue weighted by atomic mass is 32.1. The number of thiazole rings is 1. The standard InChI is InChI=1S/C18H18N4OS.H2S/c1-2-15(13-6-4-3-5-7-13)20-17(23)22-18-21-16(12-24-18)14-8-10-19-11-9-14;/h3-12,15H,2H2,1H3,(H2,20,21,22,23);1H2/t15-;/m0./s1. The van der Waals surface area contributed by atoms with E-state index in [4.69, 9.17) is 0 Å². The van der Waals surface area contributed by atoms with E-state index in [1.807, 2.05) is 54.8 Å². The molecule has 5 nitrogen and oxygen atoms in total. The predicted octanol–water partition coefficient (Wildman–Crippen LogP) is 4.59. The van der Waals surface area contributed by atoms with Crippen molar-refractivity contribution in [3.05, 3.63) is 65.8 Å². The second-order valence-electron chi connectivity index (χ2n) is 5.24. The molecule has 0 fully saturated rings. The van der Waals surface area contributed by atoms with Crippen LogP contribution in [-0.2, 0) is 0 Å². The van der Waals surface area contributed by atoms with Gasteiger partial charge < -0.3 is 5.32 Å². The van der Waals surface area contributed by atoms with Gasteiger partial charge in [0.15, 0.2) is 5.13 Å². The zero-order valence-electron chi connectivity index (χ0n) is 13.8. The molecule has 0 saturated carbocycles. The first-order valence-electron chi connectivity index (χ1n) is 7.74. The van der Waals surface area contributed by atoms with Crippen molar-refractivity contribution < 1.29 is 4.79 Å². The normalized spacial score (nSPS) is 11.2. The van der Waals surface area contributed by atoms with Gasteiger partial charge in [-0.2, -0.15) is 13.5 Å². The van der Waals surface area contributed by atoms with E-state index in [9.17, 15) is 4.79 Å². The van der Waals surface area contributed by atoms with Crippen molar-refractivity contribution in [2.45, 2.75) is 19.4 Å². The minimum Gasteiger partial charge on any atom is -0.331 e. The molecule has 0 aliphatic carbocycles. The molecule has 1 atom stereocenters. The molecule has 0 bridgehead atoms. The molecular formula is C18H20N4OS2. The SMILES string of the molecule is CC[C@H](NC(=O)Nc1nc(-c2ccncc2)cs1)c1ccccc1.S. The number of hydrogen-bond acceptors (Lipinski definition) is 4. The average Bonchev–Trinajstić information content (AvgIpc) is 3.09. The zero-order valence-corrected chi connectivity index (χ0v) is 15.6. The molecule has 0 aliphatic rings. The third-order valence-electron chi connectivity index (χ3n) is 3.62. The number of carbonyl (C=O) groups is 1. The molecule has 1 aromatic carbocycles. The van der Waals surface area contributed by atoms with E-state index in [-0.39, 0.29) is 25.6 Å². The van der Waals surface area contributed by atoms with E-state index in [1.165, 1.54) is 11.3 Å². The lowest BCUT2D eigenvalue weighted by molar-refractivity contribution is 0.248. The Hall–Kier alpha value is -2.38. The Kier molecular flexibility index (Phi) is 6.97. The number of nitrogens with zero attached hydrogens (tertiary/aromatic N) is 2. The number of nitrogens with one attached hydrogen (secondary N) is 2. The Morgan fingerprint density at radius 1 is 1.16 bits per heavy atom. The number of rotatable bonds is 5. The van der Waals surface area contributed by atoms with Crippen molar-refractivity contribution in [1.29, 1.82) is 0 Å². The molecule has 7 heteroatoms. The zero-order chi connectivity index (χ0) is 16.8. The van der Waals surface area contributed by atoms with Crippen molar-refractivity contribution in [1.82, 2.24) is 15.3 Å². The van der Waals surface area contributed by atoms with Crippen molar-refractivity contribution in [2.24, 2.45) is 0 Å². The minimum absolute atomic E-state index is 0. The fourth-order valence-corrected chi connectivity index (χ4v) is 3.10. The van der Waals surface area contributed by atoms with Gasteiger partial charge in [0.25, 0.3) is 0 Å². The maximum Gasteiger partial charge on any atom is 0.321 e. The van der Waals surface area contributed by atoms with Gasteiger partial charge in [0.2, 0.25) is 0 Å². The molecule has 0 spiro atoms. The highest BCUT2D eigenvalue weighted by Gasteiger charge is 2.13. The first kappa shape index (κ1) is 19.0. The smallest absolute Gasteiger partial charge is 0.321 e. The van der Waals surface area contributed by atoms with Crippen LogP contribution in [0.4, 0.5) is 9.93 Å². The summed E-state index contributed by atoms with van der Waals surface area (Å²) < 4.78 is 0. The highest BCUT2D eigenvalue weighted by molar-refractivity contribution is 7.59. The average molecular weight is 373 g/mol. The van der Waals surface area contributed by atoms with Crippen LogP contribution in [0.1, 0.15) is 24.9 Å². The van der Waals surface area contributed by atoms with Gasteiger partial charge in [-0.25, -0.2) is 9.78 Å². The molecule has 2 N–H and O–H groups in total. The van der Waals surface area contributed by atoms with Gasteiger partial charge in [-0.1, -0.05) is 37.3 Å². The second-order valence-corrected chi connectivity index (χ2v) is 6.10. The van der Waals surface area contributed by atoms with E-state index in [2.05, 4.69) is 20.6 Å². The van der Waals surface area contributed by atoms with Crippen LogP contribution in [-0.4, -0.2) is 16.0 Å². The Bertz CT molecular complexity index is 793. The third kappa shape index (κ3) is 5.04. The summed E-state index contributed by atoms with van der Waals surface area (Å²) in [5.74, 6) is 0. The van der Waals surface area contributed by atoms with Gasteiger partial charge >= 0.3 is 6.03 Å². The Morgan fingerprint density at radius 3 is 2.56 bits per heavy atom. The molecule has 130 valence electrons. The largest absolute Gasteiger partial charge is 0.331 e. The molecule has 3 rings (SSSR count). The van der Waals surface area contributed by atoms with Gasteiger partial charge in [-0.05, 0) is 24.1 Å². The van der Waals surface area contributed by atoms with Crippen molar-refractivity contribution in [2.75, 3.05) is 5.32 Å². The maximum atomic E-state index is 12.2. The Labute approximate surface area is 158 Å². The number of urea groups is 1. The second kappa shape index (κ2) is 9.19. The molecule has 2 amide bonds. The quantitative estimate of drug-likeness (QED) is 0.688. The van der Waals surface area contributed by atoms with E-state index < -0.39 is 0 Å². The number of pyridine rings is 1. The van der Waals surface area contributed by atoms with Crippen LogP contribution in [0.3, 0.4) is 0 Å². The maximum absolute atomic E-state index is 12.2. The molecule has 0 unspecified atom stereocenters. The number of aromatic nitrogens is 2. The minimum atomic E-state index is -0.249. The fraction of sp³-hybridized carbons (Fsp3) is 0.167. The fourth-order valence-electron chi connectivity index (χ4n) is 2.38. The van der Waals surface area contributed by atoms with Crippen molar-refractivity contribution in [3.8, 4) is 11.3 Å². The topological polar surface area (TPSA) is 66.9 Å². The van der Waals surface area contributed by atoms with Crippen LogP contribution < -0.4 is 10.6 Å². The first-order chi connectivity index (χ1) is 11.8. The molecular weight excluding hydrogens is 352 g/mol. The Balaban J connectivity index is 0.00000225. The summed E-state index contributed by atoms with van der Waals surface area (Å²) in [5, 5.41) is 8.28. The number of hydrogen-bond donors (Lipinski definition) is 2. The monoisotopic (exact) mass is 372 g/mol. The molecule has 3 aromatic rings. The van der Waals surface area contributed by atoms with Crippen LogP contribution in [0.5, 0.6) is 0 Å². The van der Waals surface area contributed by atoms with Gasteiger partial charge in [0.05, 0.1) is 11.7 Å². The van der Waals surface area contributed by atoms with Gasteiger partial charge in [0.1, 0.15) is 0 Å².